The van der Waals surface area contributed by atoms with Crippen LogP contribution in [0.25, 0.3) is 0 Å². The molecule has 0 N–H and O–H groups in total. The number of ether oxygens (including phenoxy) is 1. The van der Waals surface area contributed by atoms with Gasteiger partial charge in [0.05, 0.1) is 10.6 Å². The number of halogens is 2. The molecule has 0 radical (unpaired) electrons. The van der Waals surface area contributed by atoms with Crippen molar-refractivity contribution in [1.82, 2.24) is 0 Å². The minimum absolute atomic E-state index is 0.392. The lowest BCUT2D eigenvalue weighted by Gasteiger charge is -2.10. The zero-order chi connectivity index (χ0) is 13.1. The molecule has 0 amide bonds. The van der Waals surface area contributed by atoms with Crippen LogP contribution in [0.1, 0.15) is 15.9 Å². The second-order valence-corrected chi connectivity index (χ2v) is 4.68. The van der Waals surface area contributed by atoms with Crippen LogP contribution in [-0.2, 0) is 0 Å². The van der Waals surface area contributed by atoms with Gasteiger partial charge in [0.1, 0.15) is 11.5 Å². The second kappa shape index (κ2) is 5.42. The van der Waals surface area contributed by atoms with E-state index in [0.29, 0.717) is 33.4 Å². The van der Waals surface area contributed by atoms with E-state index in [4.69, 9.17) is 27.9 Å². The van der Waals surface area contributed by atoms with E-state index in [-0.39, 0.29) is 0 Å². The summed E-state index contributed by atoms with van der Waals surface area (Å²) >= 11 is 11.9. The van der Waals surface area contributed by atoms with Crippen molar-refractivity contribution >= 4 is 29.5 Å². The van der Waals surface area contributed by atoms with Crippen molar-refractivity contribution in [2.45, 2.75) is 6.92 Å². The summed E-state index contributed by atoms with van der Waals surface area (Å²) in [5.41, 5.74) is 1.46. The largest absolute Gasteiger partial charge is 0.455 e. The highest BCUT2D eigenvalue weighted by Gasteiger charge is 2.08. The lowest BCUT2D eigenvalue weighted by molar-refractivity contribution is 0.112. The molecular weight excluding hydrogens is 271 g/mol. The number of carbonyl (C=O) groups excluding carboxylic acids is 1. The van der Waals surface area contributed by atoms with E-state index in [1.807, 2.05) is 13.0 Å². The van der Waals surface area contributed by atoms with Gasteiger partial charge in [0, 0.05) is 11.1 Å². The molecule has 0 fully saturated rings. The summed E-state index contributed by atoms with van der Waals surface area (Å²) in [4.78, 5) is 10.9. The highest BCUT2D eigenvalue weighted by molar-refractivity contribution is 6.32. The third kappa shape index (κ3) is 2.84. The quantitative estimate of drug-likeness (QED) is 0.747. The molecule has 0 bridgehead atoms. The lowest BCUT2D eigenvalue weighted by atomic mass is 10.2. The van der Waals surface area contributed by atoms with E-state index in [0.717, 1.165) is 5.56 Å². The Bertz CT molecular complexity index is 594. The van der Waals surface area contributed by atoms with Gasteiger partial charge in [-0.25, -0.2) is 0 Å². The molecule has 0 aromatic heterocycles. The Balaban J connectivity index is 2.39. The van der Waals surface area contributed by atoms with Crippen LogP contribution in [0.4, 0.5) is 0 Å². The van der Waals surface area contributed by atoms with Crippen LogP contribution in [0, 0.1) is 6.92 Å². The molecule has 0 atom stereocenters. The van der Waals surface area contributed by atoms with Gasteiger partial charge in [-0.05, 0) is 36.8 Å². The monoisotopic (exact) mass is 280 g/mol. The fraction of sp³-hybridized carbons (Fsp3) is 0.0714. The van der Waals surface area contributed by atoms with Crippen molar-refractivity contribution in [1.29, 1.82) is 0 Å². The molecule has 0 aliphatic heterocycles. The number of aryl methyl sites for hydroxylation is 1. The van der Waals surface area contributed by atoms with Crippen LogP contribution in [0.3, 0.4) is 0 Å². The van der Waals surface area contributed by atoms with E-state index in [1.165, 1.54) is 0 Å². The van der Waals surface area contributed by atoms with Gasteiger partial charge in [-0.3, -0.25) is 4.79 Å². The third-order valence-corrected chi connectivity index (χ3v) is 2.94. The molecule has 18 heavy (non-hydrogen) atoms. The van der Waals surface area contributed by atoms with Gasteiger partial charge in [-0.2, -0.15) is 0 Å². The topological polar surface area (TPSA) is 26.3 Å². The second-order valence-electron chi connectivity index (χ2n) is 3.84. The first-order valence-electron chi connectivity index (χ1n) is 5.29. The molecule has 0 spiro atoms. The van der Waals surface area contributed by atoms with Gasteiger partial charge in [0.25, 0.3) is 0 Å². The molecule has 0 unspecified atom stereocenters. The lowest BCUT2D eigenvalue weighted by Crippen LogP contribution is -1.91. The van der Waals surface area contributed by atoms with Gasteiger partial charge in [0.15, 0.2) is 6.29 Å². The normalized spacial score (nSPS) is 10.2. The molecule has 2 aromatic carbocycles. The Morgan fingerprint density at radius 2 is 1.83 bits per heavy atom. The van der Waals surface area contributed by atoms with Crippen LogP contribution in [0.15, 0.2) is 36.4 Å². The van der Waals surface area contributed by atoms with Crippen molar-refractivity contribution in [3.05, 3.63) is 57.6 Å². The summed E-state index contributed by atoms with van der Waals surface area (Å²) < 4.78 is 5.62. The molecule has 0 saturated heterocycles. The molecule has 2 nitrogen and oxygen atoms in total. The zero-order valence-corrected chi connectivity index (χ0v) is 11.1. The van der Waals surface area contributed by atoms with E-state index >= 15 is 0 Å². The minimum atomic E-state index is 0.392. The number of carbonyl (C=O) groups is 1. The number of hydrogen-bond acceptors (Lipinski definition) is 2. The number of rotatable bonds is 3. The summed E-state index contributed by atoms with van der Waals surface area (Å²) in [6.07, 6.45) is 0.716. The third-order valence-electron chi connectivity index (χ3n) is 2.41. The van der Waals surface area contributed by atoms with Crippen LogP contribution in [0.5, 0.6) is 11.5 Å². The number of benzene rings is 2. The molecule has 4 heteroatoms. The number of hydrogen-bond donors (Lipinski definition) is 0. The first-order chi connectivity index (χ1) is 8.60. The molecule has 2 aromatic rings. The summed E-state index contributed by atoms with van der Waals surface area (Å²) in [5.74, 6) is 0.885. The smallest absolute Gasteiger partial charge is 0.153 e. The average molecular weight is 281 g/mol. The van der Waals surface area contributed by atoms with Crippen molar-refractivity contribution in [2.75, 3.05) is 0 Å². The summed E-state index contributed by atoms with van der Waals surface area (Å²) in [5, 5.41) is 0.991. The fourth-order valence-corrected chi connectivity index (χ4v) is 1.94. The Kier molecular flexibility index (Phi) is 3.90. The van der Waals surface area contributed by atoms with E-state index < -0.39 is 0 Å². The predicted octanol–water partition coefficient (Wildman–Crippen LogP) is 4.91. The predicted molar refractivity (Wildman–Crippen MR) is 73.1 cm³/mol. The fourth-order valence-electron chi connectivity index (χ4n) is 1.50. The van der Waals surface area contributed by atoms with Crippen LogP contribution in [-0.4, -0.2) is 6.29 Å². The van der Waals surface area contributed by atoms with E-state index in [9.17, 15) is 4.79 Å². The van der Waals surface area contributed by atoms with Gasteiger partial charge in [-0.15, -0.1) is 0 Å². The molecule has 0 heterocycles. The molecule has 0 aliphatic rings. The zero-order valence-electron chi connectivity index (χ0n) is 9.61. The standard InChI is InChI=1S/C14H10Cl2O2/c1-9-2-5-13(12(16)6-9)18-14-7-11(15)4-3-10(14)8-17/h2-8H,1H3. The summed E-state index contributed by atoms with van der Waals surface area (Å²) in [6.45, 7) is 1.94. The van der Waals surface area contributed by atoms with E-state index in [1.54, 1.807) is 30.3 Å². The maximum atomic E-state index is 10.9. The maximum absolute atomic E-state index is 10.9. The SMILES string of the molecule is Cc1ccc(Oc2cc(Cl)ccc2C=O)c(Cl)c1. The van der Waals surface area contributed by atoms with Crippen molar-refractivity contribution in [3.63, 3.8) is 0 Å². The Morgan fingerprint density at radius 1 is 1.06 bits per heavy atom. The first kappa shape index (κ1) is 12.9. The number of aldehydes is 1. The highest BCUT2D eigenvalue weighted by atomic mass is 35.5. The Labute approximate surface area is 115 Å². The molecule has 0 aliphatic carbocycles. The van der Waals surface area contributed by atoms with Gasteiger partial charge in [0.2, 0.25) is 0 Å². The summed E-state index contributed by atoms with van der Waals surface area (Å²) in [6, 6.07) is 10.3. The van der Waals surface area contributed by atoms with Gasteiger partial charge in [-0.1, -0.05) is 29.3 Å². The van der Waals surface area contributed by atoms with Gasteiger partial charge < -0.3 is 4.74 Å². The Morgan fingerprint density at radius 3 is 2.50 bits per heavy atom. The van der Waals surface area contributed by atoms with Crippen molar-refractivity contribution in [3.8, 4) is 11.5 Å². The maximum Gasteiger partial charge on any atom is 0.153 e. The molecule has 2 rings (SSSR count). The summed E-state index contributed by atoms with van der Waals surface area (Å²) in [7, 11) is 0. The van der Waals surface area contributed by atoms with E-state index in [2.05, 4.69) is 0 Å². The van der Waals surface area contributed by atoms with Crippen LogP contribution < -0.4 is 4.74 Å². The van der Waals surface area contributed by atoms with Crippen LogP contribution >= 0.6 is 23.2 Å². The van der Waals surface area contributed by atoms with Crippen molar-refractivity contribution in [2.24, 2.45) is 0 Å². The highest BCUT2D eigenvalue weighted by Crippen LogP contribution is 2.32. The van der Waals surface area contributed by atoms with Crippen LogP contribution in [0.2, 0.25) is 10.0 Å². The molecule has 0 saturated carbocycles. The molecular formula is C14H10Cl2O2. The minimum Gasteiger partial charge on any atom is -0.455 e. The molecule has 92 valence electrons. The first-order valence-corrected chi connectivity index (χ1v) is 6.04. The van der Waals surface area contributed by atoms with Gasteiger partial charge >= 0.3 is 0 Å². The average Bonchev–Trinajstić information content (AvgIpc) is 2.33. The van der Waals surface area contributed by atoms with Crippen molar-refractivity contribution < 1.29 is 9.53 Å². The Hall–Kier alpha value is -1.51.